The lowest BCUT2D eigenvalue weighted by Crippen LogP contribution is -2.34. The Morgan fingerprint density at radius 2 is 2.22 bits per heavy atom. The van der Waals surface area contributed by atoms with Crippen molar-refractivity contribution in [3.05, 3.63) is 36.5 Å². The molecule has 1 aliphatic heterocycles. The number of hydrogen-bond donors (Lipinski definition) is 1. The van der Waals surface area contributed by atoms with E-state index in [2.05, 4.69) is 28.1 Å². The molecule has 1 fully saturated rings. The average molecular weight is 241 g/mol. The minimum atomic E-state index is 0.316. The molecule has 1 radical (unpaired) electrons. The molecule has 0 amide bonds. The van der Waals surface area contributed by atoms with Gasteiger partial charge in [0.15, 0.2) is 0 Å². The van der Waals surface area contributed by atoms with E-state index in [-0.39, 0.29) is 0 Å². The fourth-order valence-electron chi connectivity index (χ4n) is 2.53. The van der Waals surface area contributed by atoms with E-state index in [0.717, 1.165) is 42.5 Å². The first-order valence-corrected chi connectivity index (χ1v) is 6.49. The summed E-state index contributed by atoms with van der Waals surface area (Å²) < 4.78 is 0. The predicted molar refractivity (Wildman–Crippen MR) is 72.6 cm³/mol. The van der Waals surface area contributed by atoms with E-state index in [1.54, 1.807) is 0 Å². The monoisotopic (exact) mass is 241 g/mol. The van der Waals surface area contributed by atoms with Crippen molar-refractivity contribution in [2.45, 2.75) is 12.8 Å². The quantitative estimate of drug-likeness (QED) is 0.876. The Balaban J connectivity index is 1.82. The van der Waals surface area contributed by atoms with E-state index in [1.165, 1.54) is 0 Å². The van der Waals surface area contributed by atoms with E-state index in [4.69, 9.17) is 5.11 Å². The van der Waals surface area contributed by atoms with Crippen molar-refractivity contribution in [3.8, 4) is 0 Å². The lowest BCUT2D eigenvalue weighted by molar-refractivity contribution is 0.203. The standard InChI is InChI=1S/C15H17N2O/c18-11-12-5-8-17(9-6-12)14-4-3-13-2-1-7-16-15(13)10-14/h1-3,7,10,12,18H,5-6,8-9,11H2. The zero-order chi connectivity index (χ0) is 12.4. The van der Waals surface area contributed by atoms with E-state index in [0.29, 0.717) is 12.5 Å². The van der Waals surface area contributed by atoms with Gasteiger partial charge in [-0.25, -0.2) is 0 Å². The molecule has 1 aromatic carbocycles. The minimum Gasteiger partial charge on any atom is -0.396 e. The third-order valence-electron chi connectivity index (χ3n) is 3.73. The molecule has 0 aliphatic carbocycles. The van der Waals surface area contributed by atoms with Crippen molar-refractivity contribution in [2.75, 3.05) is 24.6 Å². The van der Waals surface area contributed by atoms with Gasteiger partial charge in [-0.1, -0.05) is 6.07 Å². The Labute approximate surface area is 107 Å². The maximum Gasteiger partial charge on any atom is 0.0723 e. The number of anilines is 1. The van der Waals surface area contributed by atoms with Gasteiger partial charge < -0.3 is 10.0 Å². The van der Waals surface area contributed by atoms with Crippen LogP contribution in [0.1, 0.15) is 12.8 Å². The van der Waals surface area contributed by atoms with Gasteiger partial charge in [-0.15, -0.1) is 0 Å². The average Bonchev–Trinajstić information content (AvgIpc) is 2.47. The fraction of sp³-hybridized carbons (Fsp3) is 0.400. The maximum absolute atomic E-state index is 9.15. The molecule has 1 N–H and O–H groups in total. The molecule has 0 saturated carbocycles. The molecule has 93 valence electrons. The summed E-state index contributed by atoms with van der Waals surface area (Å²) in [6.45, 7) is 2.32. The van der Waals surface area contributed by atoms with Gasteiger partial charge in [0, 0.05) is 43.0 Å². The van der Waals surface area contributed by atoms with E-state index in [9.17, 15) is 0 Å². The van der Waals surface area contributed by atoms with Gasteiger partial charge in [0.05, 0.1) is 5.52 Å². The number of benzene rings is 1. The summed E-state index contributed by atoms with van der Waals surface area (Å²) in [4.78, 5) is 6.71. The molecule has 2 aromatic rings. The molecule has 0 bridgehead atoms. The van der Waals surface area contributed by atoms with E-state index < -0.39 is 0 Å². The number of aliphatic hydroxyl groups is 1. The Morgan fingerprint density at radius 1 is 1.39 bits per heavy atom. The second-order valence-corrected chi connectivity index (χ2v) is 4.91. The normalized spacial score (nSPS) is 17.3. The fourth-order valence-corrected chi connectivity index (χ4v) is 2.53. The molecule has 0 atom stereocenters. The summed E-state index contributed by atoms with van der Waals surface area (Å²) in [6, 6.07) is 11.5. The largest absolute Gasteiger partial charge is 0.396 e. The first kappa shape index (κ1) is 11.5. The van der Waals surface area contributed by atoms with Crippen LogP contribution >= 0.6 is 0 Å². The Kier molecular flexibility index (Phi) is 3.15. The van der Waals surface area contributed by atoms with E-state index in [1.807, 2.05) is 18.3 Å². The lowest BCUT2D eigenvalue weighted by Gasteiger charge is -2.32. The smallest absolute Gasteiger partial charge is 0.0723 e. The van der Waals surface area contributed by atoms with Gasteiger partial charge in [0.2, 0.25) is 0 Å². The summed E-state index contributed by atoms with van der Waals surface area (Å²) in [5, 5.41) is 10.3. The molecule has 0 spiro atoms. The van der Waals surface area contributed by atoms with Crippen LogP contribution in [0.3, 0.4) is 0 Å². The molecule has 1 aliphatic rings. The summed E-state index contributed by atoms with van der Waals surface area (Å²) in [7, 11) is 0. The summed E-state index contributed by atoms with van der Waals surface area (Å²) in [6.07, 6.45) is 3.94. The van der Waals surface area contributed by atoms with Crippen molar-refractivity contribution < 1.29 is 5.11 Å². The molecule has 3 nitrogen and oxygen atoms in total. The first-order valence-electron chi connectivity index (χ1n) is 6.49. The molecular weight excluding hydrogens is 224 g/mol. The molecule has 0 unspecified atom stereocenters. The van der Waals surface area contributed by atoms with Crippen molar-refractivity contribution >= 4 is 16.6 Å². The number of rotatable bonds is 2. The number of aromatic nitrogens is 1. The molecule has 18 heavy (non-hydrogen) atoms. The predicted octanol–water partition coefficient (Wildman–Crippen LogP) is 2.24. The molecule has 1 aromatic heterocycles. The highest BCUT2D eigenvalue weighted by molar-refractivity contribution is 5.81. The van der Waals surface area contributed by atoms with Gasteiger partial charge in [-0.05, 0) is 37.0 Å². The van der Waals surface area contributed by atoms with Crippen LogP contribution in [-0.2, 0) is 0 Å². The highest BCUT2D eigenvalue weighted by Gasteiger charge is 2.18. The molecule has 2 heterocycles. The van der Waals surface area contributed by atoms with Crippen LogP contribution in [0.4, 0.5) is 5.69 Å². The van der Waals surface area contributed by atoms with E-state index >= 15 is 0 Å². The highest BCUT2D eigenvalue weighted by atomic mass is 16.3. The van der Waals surface area contributed by atoms with Crippen LogP contribution in [-0.4, -0.2) is 29.8 Å². The topological polar surface area (TPSA) is 36.4 Å². The molecule has 3 heteroatoms. The van der Waals surface area contributed by atoms with Crippen LogP contribution in [0.15, 0.2) is 30.5 Å². The Hall–Kier alpha value is -1.61. The number of piperidine rings is 1. The van der Waals surface area contributed by atoms with Crippen molar-refractivity contribution in [1.82, 2.24) is 4.98 Å². The SMILES string of the molecule is OCC1CCN(c2[c]cc3cccnc3c2)CC1. The van der Waals surface area contributed by atoms with Crippen molar-refractivity contribution in [1.29, 1.82) is 0 Å². The second-order valence-electron chi connectivity index (χ2n) is 4.91. The Bertz CT molecular complexity index is 533. The number of aliphatic hydroxyl groups excluding tert-OH is 1. The van der Waals surface area contributed by atoms with Crippen molar-refractivity contribution in [3.63, 3.8) is 0 Å². The van der Waals surface area contributed by atoms with Crippen LogP contribution in [0.5, 0.6) is 0 Å². The molecule has 3 rings (SSSR count). The van der Waals surface area contributed by atoms with Crippen LogP contribution in [0.2, 0.25) is 0 Å². The van der Waals surface area contributed by atoms with Gasteiger partial charge >= 0.3 is 0 Å². The van der Waals surface area contributed by atoms with Crippen molar-refractivity contribution in [2.24, 2.45) is 5.92 Å². The number of nitrogens with zero attached hydrogens (tertiary/aromatic N) is 2. The number of hydrogen-bond acceptors (Lipinski definition) is 3. The van der Waals surface area contributed by atoms with Crippen LogP contribution < -0.4 is 4.90 Å². The van der Waals surface area contributed by atoms with Crippen LogP contribution in [0, 0.1) is 12.0 Å². The van der Waals surface area contributed by atoms with Gasteiger partial charge in [-0.2, -0.15) is 0 Å². The Morgan fingerprint density at radius 3 is 3.00 bits per heavy atom. The maximum atomic E-state index is 9.15. The highest BCUT2D eigenvalue weighted by Crippen LogP contribution is 2.25. The summed E-state index contributed by atoms with van der Waals surface area (Å²) in [5.74, 6) is 0.472. The summed E-state index contributed by atoms with van der Waals surface area (Å²) >= 11 is 0. The lowest BCUT2D eigenvalue weighted by atomic mass is 9.97. The third kappa shape index (κ3) is 2.18. The van der Waals surface area contributed by atoms with Gasteiger partial charge in [-0.3, -0.25) is 4.98 Å². The summed E-state index contributed by atoms with van der Waals surface area (Å²) in [5.41, 5.74) is 2.15. The van der Waals surface area contributed by atoms with Gasteiger partial charge in [0.25, 0.3) is 0 Å². The number of fused-ring (bicyclic) bond motifs is 1. The van der Waals surface area contributed by atoms with Crippen LogP contribution in [0.25, 0.3) is 10.9 Å². The third-order valence-corrected chi connectivity index (χ3v) is 3.73. The number of pyridine rings is 1. The zero-order valence-electron chi connectivity index (χ0n) is 10.3. The minimum absolute atomic E-state index is 0.316. The molecule has 1 saturated heterocycles. The first-order chi connectivity index (χ1) is 8.86. The zero-order valence-corrected chi connectivity index (χ0v) is 10.3. The van der Waals surface area contributed by atoms with Gasteiger partial charge in [0.1, 0.15) is 0 Å². The second kappa shape index (κ2) is 4.94. The molecular formula is C15H17N2O.